The average molecular weight is 458 g/mol. The lowest BCUT2D eigenvalue weighted by atomic mass is 10.0. The van der Waals surface area contributed by atoms with Gasteiger partial charge in [0, 0.05) is 19.4 Å². The van der Waals surface area contributed by atoms with E-state index in [4.69, 9.17) is 0 Å². The van der Waals surface area contributed by atoms with Gasteiger partial charge in [-0.2, -0.15) is 0 Å². The van der Waals surface area contributed by atoms with Gasteiger partial charge in [0.05, 0.1) is 0 Å². The van der Waals surface area contributed by atoms with Crippen molar-refractivity contribution in [2.24, 2.45) is 20.7 Å². The summed E-state index contributed by atoms with van der Waals surface area (Å²) < 4.78 is 23.2. The SMILES string of the molecule is O=CCCCN(C(=O)CCCCCCCCCCCCCCCC1N=NN=N1)[SH](=O)=O. The van der Waals surface area contributed by atoms with Crippen molar-refractivity contribution in [3.8, 4) is 0 Å². The summed E-state index contributed by atoms with van der Waals surface area (Å²) in [5.41, 5.74) is 0. The molecule has 0 saturated heterocycles. The fourth-order valence-electron chi connectivity index (χ4n) is 3.60. The first-order chi connectivity index (χ1) is 15.1. The summed E-state index contributed by atoms with van der Waals surface area (Å²) in [4.78, 5) is 22.3. The summed E-state index contributed by atoms with van der Waals surface area (Å²) in [5, 5.41) is 14.9. The molecule has 0 N–H and O–H groups in total. The van der Waals surface area contributed by atoms with Crippen LogP contribution in [0.15, 0.2) is 20.7 Å². The second-order valence-electron chi connectivity index (χ2n) is 8.09. The highest BCUT2D eigenvalue weighted by atomic mass is 32.2. The number of amides is 1. The first-order valence-electron chi connectivity index (χ1n) is 11.8. The molecule has 1 aliphatic rings. The van der Waals surface area contributed by atoms with Gasteiger partial charge in [-0.25, -0.2) is 12.7 Å². The van der Waals surface area contributed by atoms with Crippen molar-refractivity contribution in [2.45, 2.75) is 115 Å². The number of hydrogen-bond donors (Lipinski definition) is 1. The number of thiol groups is 1. The molecule has 0 aliphatic carbocycles. The first-order valence-corrected chi connectivity index (χ1v) is 13.0. The van der Waals surface area contributed by atoms with Gasteiger partial charge in [0.15, 0.2) is 6.17 Å². The van der Waals surface area contributed by atoms with Gasteiger partial charge < -0.3 is 4.79 Å². The number of nitrogens with zero attached hydrogens (tertiary/aromatic N) is 5. The minimum Gasteiger partial charge on any atom is -0.303 e. The number of aldehydes is 1. The fraction of sp³-hybridized carbons (Fsp3) is 0.905. The lowest BCUT2D eigenvalue weighted by Gasteiger charge is -2.14. The molecule has 1 amide bonds. The van der Waals surface area contributed by atoms with Crippen LogP contribution in [0.1, 0.15) is 109 Å². The van der Waals surface area contributed by atoms with E-state index in [1.165, 1.54) is 57.8 Å². The Labute approximate surface area is 188 Å². The van der Waals surface area contributed by atoms with Crippen molar-refractivity contribution in [2.75, 3.05) is 6.54 Å². The van der Waals surface area contributed by atoms with Crippen LogP contribution in [0.5, 0.6) is 0 Å². The Morgan fingerprint density at radius 3 is 1.71 bits per heavy atom. The molecule has 9 nitrogen and oxygen atoms in total. The molecule has 0 spiro atoms. The minimum atomic E-state index is -2.91. The fourth-order valence-corrected chi connectivity index (χ4v) is 4.19. The van der Waals surface area contributed by atoms with Crippen LogP contribution < -0.4 is 0 Å². The largest absolute Gasteiger partial charge is 0.303 e. The zero-order valence-corrected chi connectivity index (χ0v) is 19.6. The van der Waals surface area contributed by atoms with Crippen molar-refractivity contribution < 1.29 is 18.0 Å². The van der Waals surface area contributed by atoms with E-state index in [2.05, 4.69) is 20.7 Å². The quantitative estimate of drug-likeness (QED) is 0.142. The standard InChI is InChI=1S/C21H39N5O4S/c27-19-15-14-18-26(31(29)30)21(28)17-13-11-9-7-5-3-1-2-4-6-8-10-12-16-20-22-24-25-23-20/h19-20,31H,1-18H2. The summed E-state index contributed by atoms with van der Waals surface area (Å²) in [7, 11) is -2.91. The van der Waals surface area contributed by atoms with E-state index in [0.717, 1.165) is 42.7 Å². The van der Waals surface area contributed by atoms with Crippen LogP contribution in [-0.4, -0.2) is 37.6 Å². The normalized spacial score (nSPS) is 13.3. The zero-order chi connectivity index (χ0) is 22.6. The zero-order valence-electron chi connectivity index (χ0n) is 18.7. The van der Waals surface area contributed by atoms with Gasteiger partial charge in [0.25, 0.3) is 0 Å². The summed E-state index contributed by atoms with van der Waals surface area (Å²) in [5.74, 6) is -0.350. The Hall–Kier alpha value is -1.71. The summed E-state index contributed by atoms with van der Waals surface area (Å²) in [6.07, 6.45) is 17.8. The van der Waals surface area contributed by atoms with Crippen molar-refractivity contribution >= 4 is 23.1 Å². The number of hydrogen-bond acceptors (Lipinski definition) is 8. The van der Waals surface area contributed by atoms with Gasteiger partial charge in [0.1, 0.15) is 6.29 Å². The Balaban J connectivity index is 1.84. The molecule has 0 radical (unpaired) electrons. The monoisotopic (exact) mass is 457 g/mol. The molecular weight excluding hydrogens is 418 g/mol. The summed E-state index contributed by atoms with van der Waals surface area (Å²) in [6, 6.07) is 0. The highest BCUT2D eigenvalue weighted by Crippen LogP contribution is 2.16. The van der Waals surface area contributed by atoms with E-state index in [-0.39, 0.29) is 31.5 Å². The molecule has 1 aliphatic heterocycles. The average Bonchev–Trinajstić information content (AvgIpc) is 3.27. The molecule has 0 aromatic rings. The van der Waals surface area contributed by atoms with Crippen LogP contribution in [0.2, 0.25) is 0 Å². The topological polar surface area (TPSA) is 121 Å². The van der Waals surface area contributed by atoms with Crippen LogP contribution in [0.4, 0.5) is 0 Å². The van der Waals surface area contributed by atoms with E-state index in [0.29, 0.717) is 6.42 Å². The van der Waals surface area contributed by atoms with Gasteiger partial charge in [-0.15, -0.1) is 10.2 Å². The van der Waals surface area contributed by atoms with Crippen LogP contribution in [0, 0.1) is 0 Å². The van der Waals surface area contributed by atoms with Gasteiger partial charge in [-0.3, -0.25) is 4.79 Å². The number of unbranched alkanes of at least 4 members (excludes halogenated alkanes) is 13. The third kappa shape index (κ3) is 14.8. The third-order valence-corrected chi connectivity index (χ3v) is 6.26. The van der Waals surface area contributed by atoms with Gasteiger partial charge in [-0.1, -0.05) is 70.6 Å². The summed E-state index contributed by atoms with van der Waals surface area (Å²) >= 11 is 0. The predicted molar refractivity (Wildman–Crippen MR) is 120 cm³/mol. The molecule has 0 aromatic heterocycles. The van der Waals surface area contributed by atoms with E-state index in [9.17, 15) is 18.0 Å². The molecule has 0 unspecified atom stereocenters. The van der Waals surface area contributed by atoms with Gasteiger partial charge in [-0.05, 0) is 36.1 Å². The molecule has 1 rings (SSSR count). The summed E-state index contributed by atoms with van der Waals surface area (Å²) in [6.45, 7) is 0.107. The van der Waals surface area contributed by atoms with E-state index >= 15 is 0 Å². The van der Waals surface area contributed by atoms with E-state index in [1.54, 1.807) is 0 Å². The first kappa shape index (κ1) is 27.3. The third-order valence-electron chi connectivity index (χ3n) is 5.44. The smallest absolute Gasteiger partial charge is 0.235 e. The second kappa shape index (κ2) is 19.0. The van der Waals surface area contributed by atoms with Crippen molar-refractivity contribution in [1.82, 2.24) is 4.31 Å². The van der Waals surface area contributed by atoms with Crippen molar-refractivity contribution in [1.29, 1.82) is 0 Å². The maximum atomic E-state index is 12.0. The predicted octanol–water partition coefficient (Wildman–Crippen LogP) is 5.33. The molecule has 178 valence electrons. The van der Waals surface area contributed by atoms with Crippen LogP contribution in [0.3, 0.4) is 0 Å². The maximum Gasteiger partial charge on any atom is 0.235 e. The van der Waals surface area contributed by atoms with Gasteiger partial charge in [0.2, 0.25) is 16.8 Å². The maximum absolute atomic E-state index is 12.0. The molecule has 0 bridgehead atoms. The van der Waals surface area contributed by atoms with Crippen molar-refractivity contribution in [3.05, 3.63) is 0 Å². The van der Waals surface area contributed by atoms with Crippen LogP contribution in [0.25, 0.3) is 0 Å². The molecule has 31 heavy (non-hydrogen) atoms. The van der Waals surface area contributed by atoms with Crippen LogP contribution >= 0.6 is 0 Å². The highest BCUT2D eigenvalue weighted by molar-refractivity contribution is 7.70. The number of carbonyl (C=O) groups excluding carboxylic acids is 2. The van der Waals surface area contributed by atoms with Gasteiger partial charge >= 0.3 is 0 Å². The van der Waals surface area contributed by atoms with Crippen molar-refractivity contribution in [3.63, 3.8) is 0 Å². The second-order valence-corrected chi connectivity index (χ2v) is 9.05. The lowest BCUT2D eigenvalue weighted by molar-refractivity contribution is -0.126. The lowest BCUT2D eigenvalue weighted by Crippen LogP contribution is -2.30. The molecule has 1 heterocycles. The number of rotatable bonds is 21. The Bertz CT molecular complexity index is 605. The molecule has 10 heteroatoms. The Morgan fingerprint density at radius 1 is 0.742 bits per heavy atom. The Morgan fingerprint density at radius 2 is 1.23 bits per heavy atom. The van der Waals surface area contributed by atoms with Crippen LogP contribution in [-0.2, 0) is 20.5 Å². The Kier molecular flexibility index (Phi) is 16.8. The molecule has 0 fully saturated rings. The van der Waals surface area contributed by atoms with E-state index in [1.807, 2.05) is 0 Å². The molecular formula is C21H39N5O4S. The molecule has 0 aromatic carbocycles. The highest BCUT2D eigenvalue weighted by Gasteiger charge is 2.14. The minimum absolute atomic E-state index is 0.0294. The molecule has 0 atom stereocenters. The molecule has 0 saturated carbocycles. The number of carbonyl (C=O) groups is 2. The van der Waals surface area contributed by atoms with E-state index < -0.39 is 10.9 Å².